The Hall–Kier alpha value is -2.51. The third-order valence-electron chi connectivity index (χ3n) is 3.46. The number of hydrogen-bond donors (Lipinski definition) is 2. The van der Waals surface area contributed by atoms with Crippen LogP contribution in [0.25, 0.3) is 10.6 Å². The first-order valence-corrected chi connectivity index (χ1v) is 8.97. The third-order valence-corrected chi connectivity index (χ3v) is 5.35. The number of rotatable bonds is 5. The van der Waals surface area contributed by atoms with Crippen LogP contribution in [0.3, 0.4) is 0 Å². The first-order chi connectivity index (χ1) is 11.6. The number of thiazole rings is 1. The molecule has 0 aliphatic heterocycles. The maximum Gasteiger partial charge on any atom is 0.264 e. The highest BCUT2D eigenvalue weighted by molar-refractivity contribution is 7.17. The van der Waals surface area contributed by atoms with Gasteiger partial charge in [0.1, 0.15) is 15.9 Å². The Morgan fingerprint density at radius 3 is 2.58 bits per heavy atom. The fourth-order valence-corrected chi connectivity index (χ4v) is 3.96. The Morgan fingerprint density at radius 2 is 1.96 bits per heavy atom. The first kappa shape index (κ1) is 16.4. The third kappa shape index (κ3) is 3.37. The second kappa shape index (κ2) is 6.94. The van der Waals surface area contributed by atoms with Gasteiger partial charge in [-0.15, -0.1) is 11.3 Å². The maximum absolute atomic E-state index is 12.6. The van der Waals surface area contributed by atoms with Gasteiger partial charge in [0.2, 0.25) is 5.91 Å². The smallest absolute Gasteiger partial charge is 0.264 e. The van der Waals surface area contributed by atoms with Crippen LogP contribution in [0.5, 0.6) is 0 Å². The van der Waals surface area contributed by atoms with E-state index in [-0.39, 0.29) is 5.91 Å². The number of primary amides is 1. The summed E-state index contributed by atoms with van der Waals surface area (Å²) in [7, 11) is 0. The van der Waals surface area contributed by atoms with Crippen molar-refractivity contribution >= 4 is 34.5 Å². The molecule has 0 spiro atoms. The van der Waals surface area contributed by atoms with Gasteiger partial charge < -0.3 is 11.1 Å². The zero-order valence-electron chi connectivity index (χ0n) is 12.9. The Morgan fingerprint density at radius 1 is 1.21 bits per heavy atom. The number of aromatic nitrogens is 1. The van der Waals surface area contributed by atoms with Crippen molar-refractivity contribution in [2.75, 3.05) is 0 Å². The van der Waals surface area contributed by atoms with Gasteiger partial charge in [0.25, 0.3) is 5.91 Å². The van der Waals surface area contributed by atoms with Gasteiger partial charge in [-0.25, -0.2) is 4.98 Å². The van der Waals surface area contributed by atoms with Crippen molar-refractivity contribution in [1.29, 1.82) is 0 Å². The zero-order valence-corrected chi connectivity index (χ0v) is 14.5. The molecule has 1 atom stereocenters. The predicted octanol–water partition coefficient (Wildman–Crippen LogP) is 3.14. The van der Waals surface area contributed by atoms with E-state index in [0.29, 0.717) is 16.1 Å². The lowest BCUT2D eigenvalue weighted by atomic mass is 10.1. The summed E-state index contributed by atoms with van der Waals surface area (Å²) < 4.78 is 0. The van der Waals surface area contributed by atoms with E-state index >= 15 is 0 Å². The van der Waals surface area contributed by atoms with Gasteiger partial charge in [-0.05, 0) is 23.9 Å². The molecule has 24 heavy (non-hydrogen) atoms. The van der Waals surface area contributed by atoms with Crippen LogP contribution in [-0.2, 0) is 4.79 Å². The summed E-state index contributed by atoms with van der Waals surface area (Å²) in [6.45, 7) is 1.78. The lowest BCUT2D eigenvalue weighted by molar-refractivity contribution is -0.120. The van der Waals surface area contributed by atoms with Crippen molar-refractivity contribution in [2.24, 2.45) is 5.73 Å². The van der Waals surface area contributed by atoms with Crippen molar-refractivity contribution in [2.45, 2.75) is 13.0 Å². The fraction of sp³-hybridized carbons (Fsp3) is 0.118. The number of benzene rings is 1. The fourth-order valence-electron chi connectivity index (χ4n) is 2.28. The van der Waals surface area contributed by atoms with E-state index in [1.54, 1.807) is 42.5 Å². The van der Waals surface area contributed by atoms with Crippen molar-refractivity contribution in [3.63, 3.8) is 0 Å². The molecule has 1 unspecified atom stereocenters. The summed E-state index contributed by atoms with van der Waals surface area (Å²) in [6.07, 6.45) is 0. The molecule has 3 aromatic rings. The second-order valence-electron chi connectivity index (χ2n) is 5.17. The minimum absolute atomic E-state index is 0.348. The summed E-state index contributed by atoms with van der Waals surface area (Å²) in [6, 6.07) is 10.0. The van der Waals surface area contributed by atoms with Gasteiger partial charge in [-0.3, -0.25) is 9.59 Å². The molecule has 0 fully saturated rings. The van der Waals surface area contributed by atoms with E-state index in [1.165, 1.54) is 11.3 Å². The lowest BCUT2D eigenvalue weighted by Gasteiger charge is -2.15. The molecule has 2 aromatic heterocycles. The number of nitrogens with two attached hydrogens (primary N) is 1. The highest BCUT2D eigenvalue weighted by Gasteiger charge is 2.23. The molecule has 0 aliphatic carbocycles. The number of hydrogen-bond acceptors (Lipinski definition) is 5. The lowest BCUT2D eigenvalue weighted by Crippen LogP contribution is -2.37. The van der Waals surface area contributed by atoms with Gasteiger partial charge in [-0.1, -0.05) is 30.3 Å². The Kier molecular flexibility index (Phi) is 4.73. The van der Waals surface area contributed by atoms with Crippen molar-refractivity contribution in [3.05, 3.63) is 63.3 Å². The molecule has 2 heterocycles. The Bertz CT molecular complexity index is 857. The first-order valence-electron chi connectivity index (χ1n) is 7.21. The predicted molar refractivity (Wildman–Crippen MR) is 96.0 cm³/mol. The minimum Gasteiger partial charge on any atom is -0.368 e. The zero-order chi connectivity index (χ0) is 17.1. The summed E-state index contributed by atoms with van der Waals surface area (Å²) in [5, 5.41) is 7.44. The van der Waals surface area contributed by atoms with Gasteiger partial charge in [-0.2, -0.15) is 11.3 Å². The topological polar surface area (TPSA) is 85.1 Å². The molecule has 3 N–H and O–H groups in total. The van der Waals surface area contributed by atoms with E-state index in [4.69, 9.17) is 5.73 Å². The van der Waals surface area contributed by atoms with Crippen LogP contribution < -0.4 is 11.1 Å². The van der Waals surface area contributed by atoms with E-state index in [9.17, 15) is 9.59 Å². The monoisotopic (exact) mass is 357 g/mol. The van der Waals surface area contributed by atoms with Crippen LogP contribution in [0, 0.1) is 6.92 Å². The molecule has 5 nitrogen and oxygen atoms in total. The number of carbonyl (C=O) groups excluding carboxylic acids is 2. The average Bonchev–Trinajstić information content (AvgIpc) is 3.22. The largest absolute Gasteiger partial charge is 0.368 e. The quantitative estimate of drug-likeness (QED) is 0.735. The highest BCUT2D eigenvalue weighted by Crippen LogP contribution is 2.29. The summed E-state index contributed by atoms with van der Waals surface area (Å²) >= 11 is 2.88. The molecule has 0 aliphatic rings. The van der Waals surface area contributed by atoms with Gasteiger partial charge in [0, 0.05) is 10.9 Å². The van der Waals surface area contributed by atoms with Crippen LogP contribution in [-0.4, -0.2) is 16.8 Å². The van der Waals surface area contributed by atoms with Gasteiger partial charge in [0.15, 0.2) is 0 Å². The number of aryl methyl sites for hydroxylation is 1. The number of carbonyl (C=O) groups is 2. The molecule has 0 saturated heterocycles. The molecule has 0 saturated carbocycles. The molecule has 0 bridgehead atoms. The van der Waals surface area contributed by atoms with E-state index in [2.05, 4.69) is 10.3 Å². The molecule has 122 valence electrons. The van der Waals surface area contributed by atoms with Crippen LogP contribution in [0.1, 0.15) is 27.0 Å². The molecule has 2 amide bonds. The number of nitrogens with zero attached hydrogens (tertiary/aromatic N) is 1. The van der Waals surface area contributed by atoms with E-state index < -0.39 is 11.9 Å². The number of amides is 2. The number of thiophene rings is 1. The van der Waals surface area contributed by atoms with E-state index in [0.717, 1.165) is 10.6 Å². The molecule has 1 aromatic carbocycles. The Labute approximate surface area is 147 Å². The van der Waals surface area contributed by atoms with Crippen molar-refractivity contribution in [1.82, 2.24) is 10.3 Å². The van der Waals surface area contributed by atoms with Crippen molar-refractivity contribution in [3.8, 4) is 10.6 Å². The van der Waals surface area contributed by atoms with Gasteiger partial charge >= 0.3 is 0 Å². The average molecular weight is 357 g/mol. The number of nitrogens with one attached hydrogen (secondary N) is 1. The summed E-state index contributed by atoms with van der Waals surface area (Å²) in [5.74, 6) is -0.950. The standard InChI is InChI=1S/C17H15N3O2S2/c1-10-14(24-17(19-10)12-7-8-23-9-12)16(22)20-13(15(18)21)11-5-3-2-4-6-11/h2-9,13H,1H3,(H2,18,21)(H,20,22). The normalized spacial score (nSPS) is 11.9. The Balaban J connectivity index is 1.85. The minimum atomic E-state index is -0.871. The summed E-state index contributed by atoms with van der Waals surface area (Å²) in [5.41, 5.74) is 7.72. The SMILES string of the molecule is Cc1nc(-c2ccsc2)sc1C(=O)NC(C(N)=O)c1ccccc1. The van der Waals surface area contributed by atoms with Crippen LogP contribution in [0.2, 0.25) is 0 Å². The maximum atomic E-state index is 12.6. The summed E-state index contributed by atoms with van der Waals surface area (Å²) in [4.78, 5) is 29.3. The molecule has 3 rings (SSSR count). The van der Waals surface area contributed by atoms with Crippen molar-refractivity contribution < 1.29 is 9.59 Å². The molecular weight excluding hydrogens is 342 g/mol. The molecular formula is C17H15N3O2S2. The molecule has 0 radical (unpaired) electrons. The van der Waals surface area contributed by atoms with Crippen LogP contribution >= 0.6 is 22.7 Å². The second-order valence-corrected chi connectivity index (χ2v) is 6.94. The van der Waals surface area contributed by atoms with Crippen LogP contribution in [0.4, 0.5) is 0 Å². The van der Waals surface area contributed by atoms with Crippen LogP contribution in [0.15, 0.2) is 47.2 Å². The van der Waals surface area contributed by atoms with Gasteiger partial charge in [0.05, 0.1) is 5.69 Å². The van der Waals surface area contributed by atoms with E-state index in [1.807, 2.05) is 22.9 Å². The molecule has 7 heteroatoms. The highest BCUT2D eigenvalue weighted by atomic mass is 32.1.